The van der Waals surface area contributed by atoms with Gasteiger partial charge in [0.15, 0.2) is 0 Å². The summed E-state index contributed by atoms with van der Waals surface area (Å²) in [5.41, 5.74) is 3.84. The Morgan fingerprint density at radius 2 is 1.83 bits per heavy atom. The maximum atomic E-state index is 13.5. The van der Waals surface area contributed by atoms with Crippen molar-refractivity contribution < 1.29 is 18.3 Å². The molecule has 3 saturated heterocycles. The third kappa shape index (κ3) is 4.98. The molecule has 0 bridgehead atoms. The molecule has 2 aromatic rings. The summed E-state index contributed by atoms with van der Waals surface area (Å²) in [6.07, 6.45) is 4.95. The lowest BCUT2D eigenvalue weighted by atomic mass is 9.93. The topological polar surface area (TPSA) is 69.7 Å². The van der Waals surface area contributed by atoms with E-state index in [1.807, 2.05) is 19.1 Å². The van der Waals surface area contributed by atoms with Crippen LogP contribution in [0.15, 0.2) is 30.3 Å². The third-order valence-electron chi connectivity index (χ3n) is 7.68. The number of alkyl halides is 2. The molecule has 3 aliphatic heterocycles. The fraction of sp³-hybridized carbons (Fsp3) is 0.538. The van der Waals surface area contributed by atoms with Crippen LogP contribution in [0.5, 0.6) is 0 Å². The van der Waals surface area contributed by atoms with Gasteiger partial charge in [0, 0.05) is 18.8 Å². The fourth-order valence-electron chi connectivity index (χ4n) is 5.11. The lowest BCUT2D eigenvalue weighted by molar-refractivity contribution is -0.0267. The summed E-state index contributed by atoms with van der Waals surface area (Å²) < 4.78 is 35.4. The zero-order chi connectivity index (χ0) is 24.9. The standard InChI is InChI=1S/C26H31F2N5O2S/c1-17-10-22(29-23(11-17)33-15-26(27,28)16-33)30-24(34)20-3-2-18(31-36-19-13-35-14-19)12-21(20)32-8-6-25(4-5-25)7-9-32/h2-3,10-12,19,31H,4-9,13-16H2,1H3,(H,29,30,34). The summed E-state index contributed by atoms with van der Waals surface area (Å²) >= 11 is 1.65. The van der Waals surface area contributed by atoms with Crippen molar-refractivity contribution >= 4 is 40.9 Å². The first-order valence-corrected chi connectivity index (χ1v) is 13.5. The van der Waals surface area contributed by atoms with Crippen molar-refractivity contribution in [2.75, 3.05) is 59.2 Å². The van der Waals surface area contributed by atoms with Gasteiger partial charge in [0.25, 0.3) is 11.8 Å². The summed E-state index contributed by atoms with van der Waals surface area (Å²) in [4.78, 5) is 21.8. The van der Waals surface area contributed by atoms with Crippen molar-refractivity contribution in [1.82, 2.24) is 4.98 Å². The first-order chi connectivity index (χ1) is 17.3. The normalized spacial score (nSPS) is 22.1. The van der Waals surface area contributed by atoms with Crippen LogP contribution in [0.2, 0.25) is 0 Å². The first-order valence-electron chi connectivity index (χ1n) is 12.6. The molecule has 1 aromatic carbocycles. The molecule has 7 nitrogen and oxygen atoms in total. The average molecular weight is 516 g/mol. The van der Waals surface area contributed by atoms with Gasteiger partial charge in [0.1, 0.15) is 11.6 Å². The largest absolute Gasteiger partial charge is 0.379 e. The molecule has 1 spiro atoms. The van der Waals surface area contributed by atoms with Crippen molar-refractivity contribution in [1.29, 1.82) is 0 Å². The number of hydrogen-bond donors (Lipinski definition) is 2. The molecule has 10 heteroatoms. The molecule has 6 rings (SSSR count). The summed E-state index contributed by atoms with van der Waals surface area (Å²) in [7, 11) is 0. The van der Waals surface area contributed by atoms with Gasteiger partial charge in [0.2, 0.25) is 0 Å². The zero-order valence-corrected chi connectivity index (χ0v) is 21.2. The SMILES string of the molecule is Cc1cc(NC(=O)c2ccc(NSC3COC3)cc2N2CCC3(CC2)CC3)nc(N2CC(F)(F)C2)c1. The molecule has 0 radical (unpaired) electrons. The van der Waals surface area contributed by atoms with Gasteiger partial charge in [-0.1, -0.05) is 0 Å². The van der Waals surface area contributed by atoms with Gasteiger partial charge in [-0.2, -0.15) is 0 Å². The van der Waals surface area contributed by atoms with Crippen LogP contribution in [0, 0.1) is 12.3 Å². The van der Waals surface area contributed by atoms with Gasteiger partial charge < -0.3 is 24.6 Å². The highest BCUT2D eigenvalue weighted by Crippen LogP contribution is 2.54. The van der Waals surface area contributed by atoms with E-state index in [-0.39, 0.29) is 19.0 Å². The molecule has 192 valence electrons. The second kappa shape index (κ2) is 9.06. The number of aromatic nitrogens is 1. The van der Waals surface area contributed by atoms with Crippen LogP contribution < -0.4 is 19.8 Å². The number of carbonyl (C=O) groups is 1. The molecule has 1 amide bonds. The van der Waals surface area contributed by atoms with E-state index in [2.05, 4.69) is 26.0 Å². The molecule has 0 atom stereocenters. The summed E-state index contributed by atoms with van der Waals surface area (Å²) in [6.45, 7) is 4.54. The minimum absolute atomic E-state index is 0.249. The lowest BCUT2D eigenvalue weighted by Gasteiger charge is -2.39. The number of halogens is 2. The highest BCUT2D eigenvalue weighted by molar-refractivity contribution is 8.01. The van der Waals surface area contributed by atoms with Crippen LogP contribution in [0.3, 0.4) is 0 Å². The number of ether oxygens (including phenoxy) is 1. The molecule has 0 unspecified atom stereocenters. The van der Waals surface area contributed by atoms with Crippen molar-refractivity contribution in [3.63, 3.8) is 0 Å². The van der Waals surface area contributed by atoms with E-state index >= 15 is 0 Å². The maximum Gasteiger partial charge on any atom is 0.282 e. The highest BCUT2D eigenvalue weighted by atomic mass is 32.2. The zero-order valence-electron chi connectivity index (χ0n) is 20.4. The van der Waals surface area contributed by atoms with E-state index in [1.165, 1.54) is 17.7 Å². The van der Waals surface area contributed by atoms with E-state index in [0.717, 1.165) is 56.1 Å². The molecule has 1 aliphatic carbocycles. The lowest BCUT2D eigenvalue weighted by Crippen LogP contribution is -2.56. The summed E-state index contributed by atoms with van der Waals surface area (Å²) in [6, 6.07) is 9.38. The Labute approximate surface area is 214 Å². The summed E-state index contributed by atoms with van der Waals surface area (Å²) in [5.74, 6) is -2.11. The minimum Gasteiger partial charge on any atom is -0.379 e. The number of hydrogen-bond acceptors (Lipinski definition) is 7. The number of pyridine rings is 1. The van der Waals surface area contributed by atoms with Crippen molar-refractivity contribution in [2.24, 2.45) is 5.41 Å². The van der Waals surface area contributed by atoms with Crippen LogP contribution in [-0.2, 0) is 4.74 Å². The second-order valence-corrected chi connectivity index (χ2v) is 11.8. The van der Waals surface area contributed by atoms with E-state index in [4.69, 9.17) is 4.74 Å². The molecule has 4 aliphatic rings. The Morgan fingerprint density at radius 1 is 1.08 bits per heavy atom. The van der Waals surface area contributed by atoms with Crippen LogP contribution in [-0.4, -0.2) is 61.5 Å². The second-order valence-electron chi connectivity index (χ2n) is 10.7. The maximum absolute atomic E-state index is 13.5. The molecule has 2 N–H and O–H groups in total. The van der Waals surface area contributed by atoms with Crippen LogP contribution in [0.25, 0.3) is 0 Å². The molecular formula is C26H31F2N5O2S. The Hall–Kier alpha value is -2.59. The number of carbonyl (C=O) groups excluding carboxylic acids is 1. The molecular weight excluding hydrogens is 484 g/mol. The van der Waals surface area contributed by atoms with Gasteiger partial charge >= 0.3 is 0 Å². The van der Waals surface area contributed by atoms with E-state index < -0.39 is 5.92 Å². The number of piperidine rings is 1. The number of aryl methyl sites for hydroxylation is 1. The predicted molar refractivity (Wildman–Crippen MR) is 139 cm³/mol. The number of amides is 1. The van der Waals surface area contributed by atoms with Crippen LogP contribution in [0.4, 0.5) is 31.8 Å². The summed E-state index contributed by atoms with van der Waals surface area (Å²) in [5, 5.41) is 3.37. The van der Waals surface area contributed by atoms with Crippen LogP contribution in [0.1, 0.15) is 41.6 Å². The number of benzene rings is 1. The smallest absolute Gasteiger partial charge is 0.282 e. The van der Waals surface area contributed by atoms with E-state index in [0.29, 0.717) is 27.9 Å². The average Bonchev–Trinajstić information content (AvgIpc) is 3.55. The van der Waals surface area contributed by atoms with Crippen molar-refractivity contribution in [2.45, 2.75) is 43.8 Å². The Kier molecular flexibility index (Phi) is 5.99. The number of anilines is 4. The monoisotopic (exact) mass is 515 g/mol. The molecule has 1 aromatic heterocycles. The van der Waals surface area contributed by atoms with Gasteiger partial charge in [-0.25, -0.2) is 13.8 Å². The molecule has 1 saturated carbocycles. The van der Waals surface area contributed by atoms with Crippen molar-refractivity contribution in [3.05, 3.63) is 41.5 Å². The fourth-order valence-corrected chi connectivity index (χ4v) is 5.87. The number of nitrogens with zero attached hydrogens (tertiary/aromatic N) is 3. The Bertz CT molecular complexity index is 1150. The predicted octanol–water partition coefficient (Wildman–Crippen LogP) is 4.94. The highest BCUT2D eigenvalue weighted by Gasteiger charge is 2.45. The van der Waals surface area contributed by atoms with E-state index in [1.54, 1.807) is 24.1 Å². The Morgan fingerprint density at radius 3 is 2.47 bits per heavy atom. The van der Waals surface area contributed by atoms with Crippen molar-refractivity contribution in [3.8, 4) is 0 Å². The molecule has 4 fully saturated rings. The first kappa shape index (κ1) is 23.8. The quantitative estimate of drug-likeness (QED) is 0.507. The van der Waals surface area contributed by atoms with Crippen LogP contribution >= 0.6 is 11.9 Å². The van der Waals surface area contributed by atoms with Gasteiger partial charge in [-0.05, 0) is 85.9 Å². The van der Waals surface area contributed by atoms with Gasteiger partial charge in [0.05, 0.1) is 42.8 Å². The van der Waals surface area contributed by atoms with Gasteiger partial charge in [-0.3, -0.25) is 4.79 Å². The molecule has 36 heavy (non-hydrogen) atoms. The number of rotatable bonds is 7. The Balaban J connectivity index is 1.22. The van der Waals surface area contributed by atoms with Gasteiger partial charge in [-0.15, -0.1) is 0 Å². The number of nitrogens with one attached hydrogen (secondary N) is 2. The minimum atomic E-state index is -2.68. The molecule has 4 heterocycles. The third-order valence-corrected chi connectivity index (χ3v) is 8.64. The van der Waals surface area contributed by atoms with E-state index in [9.17, 15) is 13.6 Å².